The van der Waals surface area contributed by atoms with Gasteiger partial charge in [0, 0.05) is 45.3 Å². The molecule has 24 heavy (non-hydrogen) atoms. The van der Waals surface area contributed by atoms with Crippen LogP contribution in [0.3, 0.4) is 0 Å². The second kappa shape index (κ2) is 7.10. The normalized spacial score (nSPS) is 26.5. The highest BCUT2D eigenvalue weighted by Gasteiger charge is 2.31. The first-order chi connectivity index (χ1) is 11.7. The van der Waals surface area contributed by atoms with Crippen LogP contribution in [-0.4, -0.2) is 70.5 Å². The number of likely N-dealkylation sites (N-methyl/N-ethyl adjacent to an activating group) is 1. The molecule has 3 fully saturated rings. The van der Waals surface area contributed by atoms with Gasteiger partial charge in [-0.25, -0.2) is 0 Å². The van der Waals surface area contributed by atoms with Crippen LogP contribution in [-0.2, 0) is 18.3 Å². The molecule has 6 heteroatoms. The van der Waals surface area contributed by atoms with Crippen molar-refractivity contribution in [2.24, 2.45) is 13.0 Å². The Hall–Kier alpha value is -0.980. The molecular weight excluding hydrogens is 302 g/mol. The van der Waals surface area contributed by atoms with E-state index in [0.29, 0.717) is 12.0 Å². The van der Waals surface area contributed by atoms with Crippen molar-refractivity contribution in [3.05, 3.63) is 11.6 Å². The van der Waals surface area contributed by atoms with Gasteiger partial charge in [0.1, 0.15) is 11.6 Å². The molecule has 0 N–H and O–H groups in total. The average Bonchev–Trinajstić information content (AvgIpc) is 3.22. The predicted molar refractivity (Wildman–Crippen MR) is 92.8 cm³/mol. The van der Waals surface area contributed by atoms with Gasteiger partial charge in [-0.15, -0.1) is 10.2 Å². The molecule has 1 aromatic rings. The van der Waals surface area contributed by atoms with Crippen molar-refractivity contribution >= 4 is 0 Å². The van der Waals surface area contributed by atoms with Gasteiger partial charge in [0.2, 0.25) is 0 Å². The molecule has 134 valence electrons. The fourth-order valence-electron chi connectivity index (χ4n) is 4.19. The number of likely N-dealkylation sites (tertiary alicyclic amines) is 1. The van der Waals surface area contributed by atoms with E-state index in [2.05, 4.69) is 38.7 Å². The molecule has 0 bridgehead atoms. The average molecular weight is 333 g/mol. The van der Waals surface area contributed by atoms with Gasteiger partial charge in [-0.1, -0.05) is 0 Å². The molecular formula is C18H31N5O. The summed E-state index contributed by atoms with van der Waals surface area (Å²) in [5, 5.41) is 8.86. The van der Waals surface area contributed by atoms with Gasteiger partial charge in [0.15, 0.2) is 0 Å². The Labute approximate surface area is 145 Å². The number of hydrogen-bond donors (Lipinski definition) is 0. The summed E-state index contributed by atoms with van der Waals surface area (Å²) < 4.78 is 7.71. The topological polar surface area (TPSA) is 46.4 Å². The summed E-state index contributed by atoms with van der Waals surface area (Å²) in [4.78, 5) is 5.13. The van der Waals surface area contributed by atoms with Crippen molar-refractivity contribution in [1.29, 1.82) is 0 Å². The van der Waals surface area contributed by atoms with E-state index in [1.807, 2.05) is 0 Å². The predicted octanol–water partition coefficient (Wildman–Crippen LogP) is 1.63. The molecule has 4 rings (SSSR count). The second-order valence-corrected chi connectivity index (χ2v) is 7.98. The van der Waals surface area contributed by atoms with Crippen molar-refractivity contribution in [1.82, 2.24) is 24.6 Å². The minimum atomic E-state index is 0.644. The first-order valence-corrected chi connectivity index (χ1v) is 9.59. The maximum absolute atomic E-state index is 5.48. The van der Waals surface area contributed by atoms with Gasteiger partial charge in [-0.3, -0.25) is 4.90 Å². The smallest absolute Gasteiger partial charge is 0.146 e. The second-order valence-electron chi connectivity index (χ2n) is 7.98. The van der Waals surface area contributed by atoms with E-state index in [-0.39, 0.29) is 0 Å². The Bertz CT molecular complexity index is 550. The van der Waals surface area contributed by atoms with Crippen LogP contribution >= 0.6 is 0 Å². The molecule has 0 amide bonds. The third-order valence-corrected chi connectivity index (χ3v) is 6.06. The molecule has 1 atom stereocenters. The minimum absolute atomic E-state index is 0.644. The summed E-state index contributed by atoms with van der Waals surface area (Å²) in [6.07, 6.45) is 6.31. The van der Waals surface area contributed by atoms with E-state index in [0.717, 1.165) is 31.5 Å². The summed E-state index contributed by atoms with van der Waals surface area (Å²) in [7, 11) is 4.37. The van der Waals surface area contributed by atoms with Crippen LogP contribution < -0.4 is 0 Å². The van der Waals surface area contributed by atoms with Crippen molar-refractivity contribution in [3.63, 3.8) is 0 Å². The van der Waals surface area contributed by atoms with Crippen molar-refractivity contribution in [3.8, 4) is 0 Å². The molecule has 2 saturated heterocycles. The van der Waals surface area contributed by atoms with Crippen molar-refractivity contribution in [2.45, 2.75) is 50.6 Å². The molecule has 1 aliphatic carbocycles. The van der Waals surface area contributed by atoms with Gasteiger partial charge in [0.05, 0.1) is 6.54 Å². The summed E-state index contributed by atoms with van der Waals surface area (Å²) >= 11 is 0. The minimum Gasteiger partial charge on any atom is -0.381 e. The molecule has 3 heterocycles. The van der Waals surface area contributed by atoms with E-state index >= 15 is 0 Å². The molecule has 2 aliphatic heterocycles. The third-order valence-electron chi connectivity index (χ3n) is 6.06. The molecule has 3 aliphatic rings. The van der Waals surface area contributed by atoms with E-state index in [9.17, 15) is 0 Å². The van der Waals surface area contributed by atoms with Gasteiger partial charge < -0.3 is 14.2 Å². The number of hydrogen-bond acceptors (Lipinski definition) is 5. The van der Waals surface area contributed by atoms with Crippen LogP contribution in [0.4, 0.5) is 0 Å². The van der Waals surface area contributed by atoms with Crippen LogP contribution in [0.5, 0.6) is 0 Å². The quantitative estimate of drug-likeness (QED) is 0.792. The lowest BCUT2D eigenvalue weighted by molar-refractivity contribution is 0.0545. The Morgan fingerprint density at radius 3 is 2.67 bits per heavy atom. The van der Waals surface area contributed by atoms with Crippen LogP contribution in [0.2, 0.25) is 0 Å². The lowest BCUT2D eigenvalue weighted by Gasteiger charge is -2.28. The van der Waals surface area contributed by atoms with Crippen LogP contribution in [0.25, 0.3) is 0 Å². The summed E-state index contributed by atoms with van der Waals surface area (Å²) in [5.74, 6) is 3.80. The SMILES string of the molecule is CN(Cc1nnc(C2CC2)n1C)[C@@H]1CCN(CC2CCOCC2)C1. The first-order valence-electron chi connectivity index (χ1n) is 9.59. The largest absolute Gasteiger partial charge is 0.381 e. The van der Waals surface area contributed by atoms with Crippen LogP contribution in [0.15, 0.2) is 0 Å². The number of ether oxygens (including phenoxy) is 1. The van der Waals surface area contributed by atoms with Gasteiger partial charge in [0.25, 0.3) is 0 Å². The maximum Gasteiger partial charge on any atom is 0.146 e. The zero-order chi connectivity index (χ0) is 16.5. The maximum atomic E-state index is 5.48. The standard InChI is InChI=1S/C18H31N5O/c1-21(13-17-19-20-18(22(17)2)15-3-4-15)16-5-8-23(12-16)11-14-6-9-24-10-7-14/h14-16H,3-13H2,1-2H3/t16-/m1/s1. The summed E-state index contributed by atoms with van der Waals surface area (Å²) in [6.45, 7) is 6.50. The number of nitrogens with zero attached hydrogens (tertiary/aromatic N) is 5. The van der Waals surface area contributed by atoms with E-state index in [1.165, 1.54) is 57.6 Å². The van der Waals surface area contributed by atoms with Crippen LogP contribution in [0, 0.1) is 5.92 Å². The van der Waals surface area contributed by atoms with E-state index < -0.39 is 0 Å². The van der Waals surface area contributed by atoms with E-state index in [4.69, 9.17) is 4.74 Å². The highest BCUT2D eigenvalue weighted by atomic mass is 16.5. The highest BCUT2D eigenvalue weighted by Crippen LogP contribution is 2.38. The van der Waals surface area contributed by atoms with Gasteiger partial charge >= 0.3 is 0 Å². The fourth-order valence-corrected chi connectivity index (χ4v) is 4.19. The molecule has 0 unspecified atom stereocenters. The van der Waals surface area contributed by atoms with E-state index in [1.54, 1.807) is 0 Å². The Morgan fingerprint density at radius 1 is 1.12 bits per heavy atom. The lowest BCUT2D eigenvalue weighted by atomic mass is 10.00. The molecule has 6 nitrogen and oxygen atoms in total. The van der Waals surface area contributed by atoms with Crippen LogP contribution in [0.1, 0.15) is 49.7 Å². The Morgan fingerprint density at radius 2 is 1.92 bits per heavy atom. The monoisotopic (exact) mass is 333 g/mol. The molecule has 0 spiro atoms. The molecule has 1 saturated carbocycles. The summed E-state index contributed by atoms with van der Waals surface area (Å²) in [5.41, 5.74) is 0. The zero-order valence-corrected chi connectivity index (χ0v) is 15.2. The van der Waals surface area contributed by atoms with Crippen molar-refractivity contribution < 1.29 is 4.74 Å². The lowest BCUT2D eigenvalue weighted by Crippen LogP contribution is -2.36. The Kier molecular flexibility index (Phi) is 4.88. The van der Waals surface area contributed by atoms with Gasteiger partial charge in [-0.05, 0) is 51.6 Å². The summed E-state index contributed by atoms with van der Waals surface area (Å²) in [6, 6.07) is 0.644. The highest BCUT2D eigenvalue weighted by molar-refractivity contribution is 5.07. The zero-order valence-electron chi connectivity index (χ0n) is 15.2. The number of rotatable bonds is 6. The molecule has 0 radical (unpaired) electrons. The van der Waals surface area contributed by atoms with Gasteiger partial charge in [-0.2, -0.15) is 0 Å². The molecule has 1 aromatic heterocycles. The Balaban J connectivity index is 1.28. The number of aromatic nitrogens is 3. The third kappa shape index (κ3) is 3.65. The first kappa shape index (κ1) is 16.5. The fraction of sp³-hybridized carbons (Fsp3) is 0.889. The molecule has 0 aromatic carbocycles. The van der Waals surface area contributed by atoms with Crippen molar-refractivity contribution in [2.75, 3.05) is 39.9 Å².